The van der Waals surface area contributed by atoms with E-state index in [2.05, 4.69) is 10.0 Å². The number of hydrogen-bond acceptors (Lipinski definition) is 4. The number of anilines is 1. The van der Waals surface area contributed by atoms with Crippen LogP contribution in [-0.4, -0.2) is 32.1 Å². The fourth-order valence-electron chi connectivity index (χ4n) is 1.65. The van der Waals surface area contributed by atoms with Gasteiger partial charge in [0.05, 0.1) is 11.0 Å². The summed E-state index contributed by atoms with van der Waals surface area (Å²) in [4.78, 5) is 11.0. The molecule has 7 heteroatoms. The Hall–Kier alpha value is -1.44. The van der Waals surface area contributed by atoms with Crippen LogP contribution in [0.15, 0.2) is 29.2 Å². The Morgan fingerprint density at radius 3 is 2.40 bits per heavy atom. The smallest absolute Gasteiger partial charge is 0.240 e. The number of sulfonamides is 1. The molecule has 0 aliphatic carbocycles. The highest BCUT2D eigenvalue weighted by Crippen LogP contribution is 2.14. The molecule has 0 aliphatic rings. The summed E-state index contributed by atoms with van der Waals surface area (Å²) in [6.07, 6.45) is 0.645. The number of aliphatic hydroxyl groups excluding tert-OH is 1. The molecule has 0 bridgehead atoms. The van der Waals surface area contributed by atoms with Crippen LogP contribution in [0.5, 0.6) is 0 Å². The van der Waals surface area contributed by atoms with Gasteiger partial charge in [-0.1, -0.05) is 13.3 Å². The summed E-state index contributed by atoms with van der Waals surface area (Å²) in [6, 6.07) is 5.83. The second kappa shape index (κ2) is 7.37. The normalized spacial score (nSPS) is 12.9. The Balaban J connectivity index is 2.70. The molecule has 1 aromatic carbocycles. The van der Waals surface area contributed by atoms with Gasteiger partial charge in [0.2, 0.25) is 15.9 Å². The van der Waals surface area contributed by atoms with Gasteiger partial charge in [-0.15, -0.1) is 0 Å². The molecule has 0 fully saturated rings. The summed E-state index contributed by atoms with van der Waals surface area (Å²) in [5.41, 5.74) is 0.530. The molecule has 20 heavy (non-hydrogen) atoms. The van der Waals surface area contributed by atoms with E-state index < -0.39 is 16.1 Å². The summed E-state index contributed by atoms with van der Waals surface area (Å²) in [6.45, 7) is 3.28. The Kier molecular flexibility index (Phi) is 6.12. The first kappa shape index (κ1) is 16.6. The molecule has 0 spiro atoms. The predicted molar refractivity (Wildman–Crippen MR) is 76.8 cm³/mol. The van der Waals surface area contributed by atoms with Gasteiger partial charge in [0, 0.05) is 19.2 Å². The van der Waals surface area contributed by atoms with E-state index in [0.29, 0.717) is 12.1 Å². The number of carbonyl (C=O) groups is 1. The number of aliphatic hydroxyl groups is 1. The topological polar surface area (TPSA) is 95.5 Å². The Bertz CT molecular complexity index is 540. The zero-order valence-electron chi connectivity index (χ0n) is 11.6. The molecule has 1 amide bonds. The molecule has 1 aromatic rings. The van der Waals surface area contributed by atoms with Crippen LogP contribution in [0.1, 0.15) is 26.7 Å². The van der Waals surface area contributed by atoms with Crippen LogP contribution in [0.25, 0.3) is 0 Å². The minimum Gasteiger partial charge on any atom is -0.392 e. The molecule has 1 unspecified atom stereocenters. The van der Waals surface area contributed by atoms with E-state index in [0.717, 1.165) is 6.42 Å². The molecule has 0 heterocycles. The van der Waals surface area contributed by atoms with Crippen molar-refractivity contribution in [3.8, 4) is 0 Å². The molecule has 0 radical (unpaired) electrons. The molecule has 3 N–H and O–H groups in total. The fraction of sp³-hybridized carbons (Fsp3) is 0.462. The van der Waals surface area contributed by atoms with Gasteiger partial charge in [0.1, 0.15) is 0 Å². The molecular formula is C13H20N2O4S. The largest absolute Gasteiger partial charge is 0.392 e. The van der Waals surface area contributed by atoms with Gasteiger partial charge in [0.15, 0.2) is 0 Å². The van der Waals surface area contributed by atoms with Crippen LogP contribution in [0.3, 0.4) is 0 Å². The summed E-state index contributed by atoms with van der Waals surface area (Å²) in [7, 11) is -3.64. The van der Waals surface area contributed by atoms with Gasteiger partial charge in [-0.3, -0.25) is 4.79 Å². The van der Waals surface area contributed by atoms with E-state index in [1.807, 2.05) is 6.92 Å². The van der Waals surface area contributed by atoms with Crippen LogP contribution in [-0.2, 0) is 14.8 Å². The van der Waals surface area contributed by atoms with E-state index in [4.69, 9.17) is 0 Å². The quantitative estimate of drug-likeness (QED) is 0.702. The van der Waals surface area contributed by atoms with Crippen molar-refractivity contribution in [3.63, 3.8) is 0 Å². The molecule has 1 atom stereocenters. The summed E-state index contributed by atoms with van der Waals surface area (Å²) in [5.74, 6) is -0.221. The Morgan fingerprint density at radius 1 is 1.30 bits per heavy atom. The van der Waals surface area contributed by atoms with E-state index in [1.54, 1.807) is 0 Å². The second-order valence-electron chi connectivity index (χ2n) is 4.50. The van der Waals surface area contributed by atoms with Gasteiger partial charge in [0.25, 0.3) is 0 Å². The molecular weight excluding hydrogens is 280 g/mol. The van der Waals surface area contributed by atoms with Gasteiger partial charge in [-0.05, 0) is 30.7 Å². The lowest BCUT2D eigenvalue weighted by Crippen LogP contribution is -2.32. The highest BCUT2D eigenvalue weighted by atomic mass is 32.2. The van der Waals surface area contributed by atoms with Crippen molar-refractivity contribution in [2.45, 2.75) is 37.7 Å². The summed E-state index contributed by atoms with van der Waals surface area (Å²) < 4.78 is 26.3. The van der Waals surface area contributed by atoms with Gasteiger partial charge < -0.3 is 10.4 Å². The number of benzene rings is 1. The lowest BCUT2D eigenvalue weighted by atomic mass is 10.2. The van der Waals surface area contributed by atoms with Crippen LogP contribution < -0.4 is 10.0 Å². The number of amides is 1. The number of rotatable bonds is 7. The average molecular weight is 300 g/mol. The molecule has 112 valence electrons. The molecule has 6 nitrogen and oxygen atoms in total. The maximum atomic E-state index is 12.0. The van der Waals surface area contributed by atoms with Crippen molar-refractivity contribution in [2.24, 2.45) is 0 Å². The first-order chi connectivity index (χ1) is 9.35. The third kappa shape index (κ3) is 5.28. The maximum Gasteiger partial charge on any atom is 0.240 e. The number of nitrogens with one attached hydrogen (secondary N) is 2. The molecule has 0 aliphatic heterocycles. The summed E-state index contributed by atoms with van der Waals surface area (Å²) in [5, 5.41) is 12.1. The summed E-state index contributed by atoms with van der Waals surface area (Å²) >= 11 is 0. The molecule has 0 aromatic heterocycles. The first-order valence-corrected chi connectivity index (χ1v) is 7.89. The van der Waals surface area contributed by atoms with Gasteiger partial charge in [-0.25, -0.2) is 13.1 Å². The van der Waals surface area contributed by atoms with Crippen LogP contribution >= 0.6 is 0 Å². The second-order valence-corrected chi connectivity index (χ2v) is 6.27. The highest BCUT2D eigenvalue weighted by Gasteiger charge is 2.15. The van der Waals surface area contributed by atoms with Crippen LogP contribution in [0, 0.1) is 0 Å². The highest BCUT2D eigenvalue weighted by molar-refractivity contribution is 7.89. The standard InChI is InChI=1S/C13H20N2O4S/c1-3-4-12(17)9-14-20(18,19)13-7-5-11(6-8-13)15-10(2)16/h5-8,12,14,17H,3-4,9H2,1-2H3,(H,15,16). The van der Waals surface area contributed by atoms with Crippen molar-refractivity contribution in [3.05, 3.63) is 24.3 Å². The lowest BCUT2D eigenvalue weighted by molar-refractivity contribution is -0.114. The number of carbonyl (C=O) groups excluding carboxylic acids is 1. The monoisotopic (exact) mass is 300 g/mol. The zero-order chi connectivity index (χ0) is 15.2. The van der Waals surface area contributed by atoms with Gasteiger partial charge in [-0.2, -0.15) is 0 Å². The fourth-order valence-corrected chi connectivity index (χ4v) is 2.72. The van der Waals surface area contributed by atoms with Crippen LogP contribution in [0.2, 0.25) is 0 Å². The van der Waals surface area contributed by atoms with Gasteiger partial charge >= 0.3 is 0 Å². The SMILES string of the molecule is CCCC(O)CNS(=O)(=O)c1ccc(NC(C)=O)cc1. The lowest BCUT2D eigenvalue weighted by Gasteiger charge is -2.11. The van der Waals surface area contributed by atoms with E-state index in [-0.39, 0.29) is 17.3 Å². The minimum atomic E-state index is -3.64. The van der Waals surface area contributed by atoms with Crippen molar-refractivity contribution >= 4 is 21.6 Å². The van der Waals surface area contributed by atoms with Crippen molar-refractivity contribution in [1.82, 2.24) is 4.72 Å². The third-order valence-electron chi connectivity index (χ3n) is 2.62. The van der Waals surface area contributed by atoms with Crippen LogP contribution in [0.4, 0.5) is 5.69 Å². The minimum absolute atomic E-state index is 0.0103. The van der Waals surface area contributed by atoms with E-state index in [1.165, 1.54) is 31.2 Å². The van der Waals surface area contributed by atoms with E-state index >= 15 is 0 Å². The number of hydrogen-bond donors (Lipinski definition) is 3. The van der Waals surface area contributed by atoms with Crippen molar-refractivity contribution < 1.29 is 18.3 Å². The maximum absolute atomic E-state index is 12.0. The van der Waals surface area contributed by atoms with Crippen molar-refractivity contribution in [1.29, 1.82) is 0 Å². The third-order valence-corrected chi connectivity index (χ3v) is 4.06. The Morgan fingerprint density at radius 2 is 1.90 bits per heavy atom. The van der Waals surface area contributed by atoms with E-state index in [9.17, 15) is 18.3 Å². The van der Waals surface area contributed by atoms with Crippen molar-refractivity contribution in [2.75, 3.05) is 11.9 Å². The molecule has 0 saturated carbocycles. The molecule has 0 saturated heterocycles. The predicted octanol–water partition coefficient (Wildman–Crippen LogP) is 1.08. The molecule has 1 rings (SSSR count). The first-order valence-electron chi connectivity index (χ1n) is 6.40. The zero-order valence-corrected chi connectivity index (χ0v) is 12.4. The Labute approximate surface area is 119 Å². The average Bonchev–Trinajstić information content (AvgIpc) is 2.37.